The molecule has 0 aromatic rings. The summed E-state index contributed by atoms with van der Waals surface area (Å²) in [7, 11) is 0. The highest BCUT2D eigenvalue weighted by Gasteiger charge is 2.58. The van der Waals surface area contributed by atoms with Gasteiger partial charge in [-0.2, -0.15) is 0 Å². The molecule has 0 spiro atoms. The number of hydrogen-bond donors (Lipinski definition) is 5. The van der Waals surface area contributed by atoms with Crippen LogP contribution in [0.1, 0.15) is 0 Å². The first-order valence-corrected chi connectivity index (χ1v) is 8.42. The van der Waals surface area contributed by atoms with E-state index in [1.807, 2.05) is 0 Å². The van der Waals surface area contributed by atoms with Crippen molar-refractivity contribution >= 4 is 34.8 Å². The Bertz CT molecular complexity index is 403. The predicted molar refractivity (Wildman–Crippen MR) is 79.5 cm³/mol. The van der Waals surface area contributed by atoms with Gasteiger partial charge in [0.25, 0.3) is 0 Å². The zero-order valence-electron chi connectivity index (χ0n) is 11.8. The third-order valence-corrected chi connectivity index (χ3v) is 5.17. The first kappa shape index (κ1) is 19.9. The number of halogens is 3. The molecule has 0 aromatic heterocycles. The van der Waals surface area contributed by atoms with E-state index in [1.54, 1.807) is 0 Å². The Balaban J connectivity index is 2.18. The van der Waals surface area contributed by atoms with Crippen LogP contribution in [0.3, 0.4) is 0 Å². The third kappa shape index (κ3) is 3.58. The van der Waals surface area contributed by atoms with Crippen LogP contribution < -0.4 is 0 Å². The molecule has 23 heavy (non-hydrogen) atoms. The van der Waals surface area contributed by atoms with Gasteiger partial charge in [0.15, 0.2) is 6.29 Å². The van der Waals surface area contributed by atoms with Gasteiger partial charge in [0.05, 0.1) is 23.7 Å². The Morgan fingerprint density at radius 1 is 1.00 bits per heavy atom. The summed E-state index contributed by atoms with van der Waals surface area (Å²) in [6, 6.07) is 0. The van der Waals surface area contributed by atoms with Crippen LogP contribution >= 0.6 is 34.8 Å². The topological polar surface area (TPSA) is 129 Å². The molecule has 2 saturated heterocycles. The second kappa shape index (κ2) is 7.84. The van der Waals surface area contributed by atoms with Crippen LogP contribution in [0.2, 0.25) is 0 Å². The lowest BCUT2D eigenvalue weighted by molar-refractivity contribution is -0.357. The minimum atomic E-state index is -1.90. The largest absolute Gasteiger partial charge is 0.394 e. The molecule has 0 aromatic carbocycles. The number of hydrogen-bond acceptors (Lipinski definition) is 8. The lowest BCUT2D eigenvalue weighted by Crippen LogP contribution is -2.61. The molecular weight excluding hydrogens is 378 g/mol. The Morgan fingerprint density at radius 2 is 1.65 bits per heavy atom. The molecule has 0 amide bonds. The van der Waals surface area contributed by atoms with E-state index in [9.17, 15) is 25.5 Å². The highest BCUT2D eigenvalue weighted by Crippen LogP contribution is 2.37. The van der Waals surface area contributed by atoms with Crippen molar-refractivity contribution in [2.45, 2.75) is 54.1 Å². The Labute approximate surface area is 147 Å². The number of aliphatic hydroxyl groups is 5. The maximum atomic E-state index is 10.1. The lowest BCUT2D eigenvalue weighted by Gasteiger charge is -2.43. The van der Waals surface area contributed by atoms with E-state index >= 15 is 0 Å². The molecule has 2 aliphatic heterocycles. The molecule has 0 radical (unpaired) electrons. The summed E-state index contributed by atoms with van der Waals surface area (Å²) in [6.45, 7) is -0.526. The van der Waals surface area contributed by atoms with E-state index in [0.29, 0.717) is 0 Å². The van der Waals surface area contributed by atoms with E-state index in [0.717, 1.165) is 0 Å². The minimum Gasteiger partial charge on any atom is -0.394 e. The summed E-state index contributed by atoms with van der Waals surface area (Å²) in [6.07, 6.45) is -9.39. The predicted octanol–water partition coefficient (Wildman–Crippen LogP) is -1.66. The first-order valence-electron chi connectivity index (χ1n) is 6.91. The molecule has 5 N–H and O–H groups in total. The van der Waals surface area contributed by atoms with Crippen molar-refractivity contribution in [3.8, 4) is 0 Å². The first-order chi connectivity index (χ1) is 10.8. The van der Waals surface area contributed by atoms with Crippen molar-refractivity contribution in [1.82, 2.24) is 0 Å². The van der Waals surface area contributed by atoms with Gasteiger partial charge in [-0.05, 0) is 0 Å². The van der Waals surface area contributed by atoms with Crippen molar-refractivity contribution in [1.29, 1.82) is 0 Å². The van der Waals surface area contributed by atoms with Crippen LogP contribution in [0.4, 0.5) is 0 Å². The molecule has 2 aliphatic rings. The van der Waals surface area contributed by atoms with Crippen LogP contribution in [0.25, 0.3) is 0 Å². The van der Waals surface area contributed by atoms with Crippen molar-refractivity contribution in [2.24, 2.45) is 0 Å². The molecule has 0 saturated carbocycles. The average molecular weight is 398 g/mol. The van der Waals surface area contributed by atoms with Gasteiger partial charge in [-0.1, -0.05) is 0 Å². The lowest BCUT2D eigenvalue weighted by atomic mass is 10.0. The molecule has 9 atom stereocenters. The van der Waals surface area contributed by atoms with Crippen LogP contribution in [0.15, 0.2) is 0 Å². The van der Waals surface area contributed by atoms with Crippen molar-refractivity contribution in [3.05, 3.63) is 0 Å². The van der Waals surface area contributed by atoms with E-state index in [-0.39, 0.29) is 5.88 Å². The van der Waals surface area contributed by atoms with E-state index in [4.69, 9.17) is 49.0 Å². The fourth-order valence-corrected chi connectivity index (χ4v) is 3.37. The second-order valence-corrected chi connectivity index (χ2v) is 6.54. The normalized spacial score (nSPS) is 51.1. The van der Waals surface area contributed by atoms with Crippen molar-refractivity contribution in [2.75, 3.05) is 18.4 Å². The maximum Gasteiger partial charge on any atom is 0.214 e. The van der Waals surface area contributed by atoms with Gasteiger partial charge in [-0.3, -0.25) is 0 Å². The van der Waals surface area contributed by atoms with E-state index in [1.165, 1.54) is 0 Å². The zero-order chi connectivity index (χ0) is 17.4. The monoisotopic (exact) mass is 396 g/mol. The molecule has 2 rings (SSSR count). The molecule has 2 heterocycles. The number of ether oxygens (including phenoxy) is 3. The summed E-state index contributed by atoms with van der Waals surface area (Å²) in [5.74, 6) is -2.43. The van der Waals surface area contributed by atoms with Gasteiger partial charge in [0.1, 0.15) is 36.6 Å². The third-order valence-electron chi connectivity index (χ3n) is 3.96. The maximum absolute atomic E-state index is 10.1. The Kier molecular flexibility index (Phi) is 6.77. The van der Waals surface area contributed by atoms with Crippen LogP contribution in [0, 0.1) is 0 Å². The molecule has 11 heteroatoms. The summed E-state index contributed by atoms with van der Waals surface area (Å²) >= 11 is 17.3. The smallest absolute Gasteiger partial charge is 0.214 e. The van der Waals surface area contributed by atoms with Gasteiger partial charge in [0, 0.05) is 0 Å². The van der Waals surface area contributed by atoms with Crippen LogP contribution in [-0.4, -0.2) is 98.0 Å². The molecule has 8 nitrogen and oxygen atoms in total. The van der Waals surface area contributed by atoms with E-state index in [2.05, 4.69) is 0 Å². The molecule has 136 valence electrons. The molecule has 0 bridgehead atoms. The van der Waals surface area contributed by atoms with Gasteiger partial charge >= 0.3 is 0 Å². The zero-order valence-corrected chi connectivity index (χ0v) is 14.1. The molecular formula is C12H19Cl3O8. The standard InChI is InChI=1S/C12H19Cl3O8/c13-1-4-7(17)10(20)12(3-14,22-4)23-11-9(19)8(18)6(15)5(2-16)21-11/h4-11,16-20H,1-3H2/t4-,5-,6+,7?,8+,9-,10?,11-,12+/m1/s1. The van der Waals surface area contributed by atoms with Gasteiger partial charge in [0.2, 0.25) is 5.79 Å². The summed E-state index contributed by atoms with van der Waals surface area (Å²) < 4.78 is 16.1. The highest BCUT2D eigenvalue weighted by molar-refractivity contribution is 6.21. The quantitative estimate of drug-likeness (QED) is 0.349. The molecule has 0 aliphatic carbocycles. The Morgan fingerprint density at radius 3 is 2.13 bits per heavy atom. The average Bonchev–Trinajstić information content (AvgIpc) is 2.80. The van der Waals surface area contributed by atoms with Crippen LogP contribution in [-0.2, 0) is 14.2 Å². The Hall–Kier alpha value is 0.550. The highest BCUT2D eigenvalue weighted by atomic mass is 35.5. The molecule has 2 fully saturated rings. The van der Waals surface area contributed by atoms with E-state index < -0.39 is 66.6 Å². The summed E-state index contributed by atoms with van der Waals surface area (Å²) in [5, 5.41) is 48.1. The minimum absolute atomic E-state index is 0.125. The number of rotatable bonds is 5. The van der Waals surface area contributed by atoms with Crippen molar-refractivity contribution < 1.29 is 39.7 Å². The summed E-state index contributed by atoms with van der Waals surface area (Å²) in [5.41, 5.74) is 0. The van der Waals surface area contributed by atoms with Gasteiger partial charge < -0.3 is 39.7 Å². The summed E-state index contributed by atoms with van der Waals surface area (Å²) in [4.78, 5) is 0. The van der Waals surface area contributed by atoms with Crippen molar-refractivity contribution in [3.63, 3.8) is 0 Å². The number of aliphatic hydroxyl groups excluding tert-OH is 5. The SMILES string of the molecule is OC[C@H]1O[C@H](O[C@]2(CCl)O[C@H](CCl)C(O)C2O)[C@H](O)[C@@H](O)[C@H]1Cl. The second-order valence-electron chi connectivity index (χ2n) is 5.46. The fraction of sp³-hybridized carbons (Fsp3) is 1.00. The van der Waals surface area contributed by atoms with Crippen LogP contribution in [0.5, 0.6) is 0 Å². The number of alkyl halides is 3. The fourth-order valence-electron chi connectivity index (χ4n) is 2.56. The molecule has 2 unspecified atom stereocenters. The van der Waals surface area contributed by atoms with Gasteiger partial charge in [-0.15, -0.1) is 34.8 Å². The van der Waals surface area contributed by atoms with Gasteiger partial charge in [-0.25, -0.2) is 0 Å².